The van der Waals surface area contributed by atoms with Crippen LogP contribution >= 0.6 is 0 Å². The van der Waals surface area contributed by atoms with Gasteiger partial charge in [0.1, 0.15) is 17.3 Å². The first-order valence-electron chi connectivity index (χ1n) is 11.1. The molecule has 2 atom stereocenters. The van der Waals surface area contributed by atoms with Gasteiger partial charge in [0.25, 0.3) is 0 Å². The number of benzene rings is 3. The van der Waals surface area contributed by atoms with Crippen LogP contribution in [0, 0.1) is 40.2 Å². The first-order chi connectivity index (χ1) is 16.2. The summed E-state index contributed by atoms with van der Waals surface area (Å²) in [6.45, 7) is 3.91. The lowest BCUT2D eigenvalue weighted by atomic mass is 9.72. The van der Waals surface area contributed by atoms with Crippen molar-refractivity contribution >= 4 is 0 Å². The quantitative estimate of drug-likeness (QED) is 0.437. The molecule has 1 aliphatic rings. The van der Waals surface area contributed by atoms with Gasteiger partial charge < -0.3 is 0 Å². The third-order valence-electron chi connectivity index (χ3n) is 6.45. The summed E-state index contributed by atoms with van der Waals surface area (Å²) < 4.78 is 43.1. The fraction of sp³-hybridized carbons (Fsp3) is 0.286. The summed E-state index contributed by atoms with van der Waals surface area (Å²) in [6.07, 6.45) is 0. The van der Waals surface area contributed by atoms with Gasteiger partial charge in [-0.1, -0.05) is 24.3 Å². The molecule has 0 N–H and O–H groups in total. The van der Waals surface area contributed by atoms with Crippen LogP contribution < -0.4 is 0 Å². The minimum absolute atomic E-state index is 0.152. The molecule has 0 unspecified atom stereocenters. The van der Waals surface area contributed by atoms with Crippen LogP contribution in [0.15, 0.2) is 66.7 Å². The zero-order chi connectivity index (χ0) is 24.5. The highest BCUT2D eigenvalue weighted by Crippen LogP contribution is 2.45. The summed E-state index contributed by atoms with van der Waals surface area (Å²) in [5.74, 6) is -2.27. The van der Waals surface area contributed by atoms with Crippen molar-refractivity contribution in [2.24, 2.45) is 5.92 Å². The van der Waals surface area contributed by atoms with Crippen molar-refractivity contribution in [2.75, 3.05) is 13.1 Å². The van der Waals surface area contributed by atoms with E-state index in [1.54, 1.807) is 18.2 Å². The minimum Gasteiger partial charge on any atom is -0.292 e. The van der Waals surface area contributed by atoms with Gasteiger partial charge in [0.15, 0.2) is 0 Å². The van der Waals surface area contributed by atoms with Gasteiger partial charge in [-0.15, -0.1) is 0 Å². The van der Waals surface area contributed by atoms with Crippen LogP contribution in [0.1, 0.15) is 53.6 Å². The average Bonchev–Trinajstić information content (AvgIpc) is 2.76. The summed E-state index contributed by atoms with van der Waals surface area (Å²) in [6, 6.07) is 21.9. The van der Waals surface area contributed by atoms with E-state index in [1.165, 1.54) is 26.0 Å². The highest BCUT2D eigenvalue weighted by atomic mass is 19.1. The zero-order valence-electron chi connectivity index (χ0n) is 19.0. The number of nitriles is 2. The first kappa shape index (κ1) is 23.5. The Hall–Kier alpha value is -3.61. The molecule has 0 aromatic heterocycles. The fourth-order valence-electron chi connectivity index (χ4n) is 5.09. The molecular formula is C28H24F3N3. The number of hydrogen-bond donors (Lipinski definition) is 0. The molecule has 6 heteroatoms. The largest absolute Gasteiger partial charge is 0.292 e. The van der Waals surface area contributed by atoms with Gasteiger partial charge in [-0.2, -0.15) is 10.5 Å². The van der Waals surface area contributed by atoms with Crippen molar-refractivity contribution in [3.8, 4) is 12.1 Å². The average molecular weight is 460 g/mol. The van der Waals surface area contributed by atoms with E-state index in [0.717, 1.165) is 17.2 Å². The minimum atomic E-state index is -1.68. The van der Waals surface area contributed by atoms with Gasteiger partial charge in [-0.3, -0.25) is 4.90 Å². The summed E-state index contributed by atoms with van der Waals surface area (Å²) in [4.78, 5) is 2.16. The van der Waals surface area contributed by atoms with E-state index in [1.807, 2.05) is 30.3 Å². The highest BCUT2D eigenvalue weighted by Gasteiger charge is 2.45. The number of likely N-dealkylation sites (tertiary alicyclic amines) is 1. The molecule has 1 aliphatic heterocycles. The molecule has 0 saturated carbocycles. The summed E-state index contributed by atoms with van der Waals surface area (Å²) in [5.41, 5.74) is 1.57. The molecule has 1 saturated heterocycles. The molecule has 34 heavy (non-hydrogen) atoms. The smallest absolute Gasteiger partial charge is 0.126 e. The Kier molecular flexibility index (Phi) is 6.46. The van der Waals surface area contributed by atoms with Crippen LogP contribution in [0.25, 0.3) is 0 Å². The zero-order valence-corrected chi connectivity index (χ0v) is 19.0. The Bertz CT molecular complexity index is 1240. The summed E-state index contributed by atoms with van der Waals surface area (Å²) >= 11 is 0. The normalized spacial score (nSPS) is 16.2. The van der Waals surface area contributed by atoms with Crippen LogP contribution in [0.4, 0.5) is 13.2 Å². The van der Waals surface area contributed by atoms with Crippen LogP contribution in [-0.4, -0.2) is 23.7 Å². The number of nitrogens with zero attached hydrogens (tertiary/aromatic N) is 3. The lowest BCUT2D eigenvalue weighted by Gasteiger charge is -2.50. The predicted molar refractivity (Wildman–Crippen MR) is 124 cm³/mol. The third kappa shape index (κ3) is 4.83. The van der Waals surface area contributed by atoms with E-state index in [-0.39, 0.29) is 12.0 Å². The third-order valence-corrected chi connectivity index (χ3v) is 6.45. The molecule has 0 spiro atoms. The Balaban J connectivity index is 1.66. The van der Waals surface area contributed by atoms with Crippen LogP contribution in [0.5, 0.6) is 0 Å². The lowest BCUT2D eigenvalue weighted by Crippen LogP contribution is -2.53. The topological polar surface area (TPSA) is 50.8 Å². The maximum absolute atomic E-state index is 15.3. The number of alkyl halides is 1. The van der Waals surface area contributed by atoms with Crippen molar-refractivity contribution in [3.63, 3.8) is 0 Å². The molecule has 1 fully saturated rings. The van der Waals surface area contributed by atoms with Crippen LogP contribution in [0.3, 0.4) is 0 Å². The van der Waals surface area contributed by atoms with Crippen molar-refractivity contribution in [1.82, 2.24) is 4.90 Å². The molecule has 0 aliphatic carbocycles. The Labute approximate surface area is 197 Å². The molecule has 0 radical (unpaired) electrons. The molecule has 3 aromatic carbocycles. The van der Waals surface area contributed by atoms with Gasteiger partial charge in [-0.25, -0.2) is 13.2 Å². The Morgan fingerprint density at radius 3 is 2.00 bits per heavy atom. The van der Waals surface area contributed by atoms with Crippen molar-refractivity contribution in [3.05, 3.63) is 106 Å². The summed E-state index contributed by atoms with van der Waals surface area (Å²) in [7, 11) is 0. The molecule has 1 heterocycles. The fourth-order valence-corrected chi connectivity index (χ4v) is 5.09. The number of hydrogen-bond acceptors (Lipinski definition) is 3. The van der Waals surface area contributed by atoms with E-state index in [0.29, 0.717) is 29.8 Å². The highest BCUT2D eigenvalue weighted by molar-refractivity contribution is 5.41. The molecular weight excluding hydrogens is 435 g/mol. The van der Waals surface area contributed by atoms with Crippen molar-refractivity contribution < 1.29 is 13.2 Å². The second-order valence-corrected chi connectivity index (χ2v) is 9.33. The number of rotatable bonds is 6. The van der Waals surface area contributed by atoms with Gasteiger partial charge in [0.05, 0.1) is 29.3 Å². The van der Waals surface area contributed by atoms with Gasteiger partial charge in [0, 0.05) is 25.1 Å². The van der Waals surface area contributed by atoms with Crippen molar-refractivity contribution in [2.45, 2.75) is 31.5 Å². The van der Waals surface area contributed by atoms with Crippen LogP contribution in [0.2, 0.25) is 0 Å². The maximum Gasteiger partial charge on any atom is 0.126 e. The van der Waals surface area contributed by atoms with Gasteiger partial charge in [-0.05, 0) is 72.9 Å². The van der Waals surface area contributed by atoms with Crippen molar-refractivity contribution in [1.29, 1.82) is 10.5 Å². The summed E-state index contributed by atoms with van der Waals surface area (Å²) in [5, 5.41) is 18.5. The van der Waals surface area contributed by atoms with E-state index in [4.69, 9.17) is 5.26 Å². The second kappa shape index (κ2) is 9.33. The maximum atomic E-state index is 15.3. The first-order valence-corrected chi connectivity index (χ1v) is 11.1. The Morgan fingerprint density at radius 1 is 0.824 bits per heavy atom. The number of halogens is 3. The molecule has 172 valence electrons. The molecule has 3 nitrogen and oxygen atoms in total. The standard InChI is InChI=1S/C28H24F3N3/c1-28(2,31)26(22-11-24(29)13-25(30)12-22)23-16-34(17-23)27(20-8-6-18(14-32)7-9-20)21-5-3-4-19(10-21)15-33/h3-13,23,26-27H,16-17H2,1-2H3/t26-,27+/m0/s1. The second-order valence-electron chi connectivity index (χ2n) is 9.33. The van der Waals surface area contributed by atoms with E-state index in [9.17, 15) is 14.0 Å². The van der Waals surface area contributed by atoms with Gasteiger partial charge >= 0.3 is 0 Å². The van der Waals surface area contributed by atoms with E-state index < -0.39 is 23.2 Å². The van der Waals surface area contributed by atoms with Gasteiger partial charge in [0.2, 0.25) is 0 Å². The SMILES string of the molecule is CC(C)(F)[C@@H](c1cc(F)cc(F)c1)C1CN([C@H](c2ccc(C#N)cc2)c2cccc(C#N)c2)C1. The monoisotopic (exact) mass is 459 g/mol. The molecule has 0 amide bonds. The predicted octanol–water partition coefficient (Wildman–Crippen LogP) is 6.26. The molecule has 0 bridgehead atoms. The molecule has 4 rings (SSSR count). The van der Waals surface area contributed by atoms with Crippen LogP contribution in [-0.2, 0) is 0 Å². The van der Waals surface area contributed by atoms with E-state index >= 15 is 4.39 Å². The lowest BCUT2D eigenvalue weighted by molar-refractivity contribution is 0.00804. The van der Waals surface area contributed by atoms with E-state index in [2.05, 4.69) is 17.0 Å². The Morgan fingerprint density at radius 2 is 1.44 bits per heavy atom. The molecule has 3 aromatic rings.